The molecule has 0 radical (unpaired) electrons. The van der Waals surface area contributed by atoms with Crippen LogP contribution in [0.1, 0.15) is 12.5 Å². The topological polar surface area (TPSA) is 62.2 Å². The third-order valence-electron chi connectivity index (χ3n) is 2.71. The Kier molecular flexibility index (Phi) is 3.35. The van der Waals surface area contributed by atoms with Crippen molar-refractivity contribution in [1.82, 2.24) is 10.3 Å². The van der Waals surface area contributed by atoms with Crippen molar-refractivity contribution >= 4 is 16.9 Å². The summed E-state index contributed by atoms with van der Waals surface area (Å²) in [5, 5.41) is 12.8. The molecule has 1 unspecified atom stereocenters. The molecule has 1 heterocycles. The number of benzene rings is 1. The second-order valence-electron chi connectivity index (χ2n) is 3.93. The van der Waals surface area contributed by atoms with E-state index in [1.165, 1.54) is 0 Å². The molecule has 17 heavy (non-hydrogen) atoms. The minimum absolute atomic E-state index is 0.524. The van der Waals surface area contributed by atoms with Gasteiger partial charge in [0.25, 0.3) is 0 Å². The third-order valence-corrected chi connectivity index (χ3v) is 2.71. The van der Waals surface area contributed by atoms with E-state index in [0.717, 1.165) is 16.5 Å². The van der Waals surface area contributed by atoms with Crippen LogP contribution in [0.5, 0.6) is 0 Å². The maximum absolute atomic E-state index is 10.7. The molecular formula is C13H14N2O2. The van der Waals surface area contributed by atoms with Crippen LogP contribution in [-0.2, 0) is 11.3 Å². The average molecular weight is 230 g/mol. The molecule has 4 heteroatoms. The summed E-state index contributed by atoms with van der Waals surface area (Å²) in [5.41, 5.74) is 1.98. The minimum Gasteiger partial charge on any atom is -0.480 e. The van der Waals surface area contributed by atoms with Crippen LogP contribution in [-0.4, -0.2) is 22.1 Å². The lowest BCUT2D eigenvalue weighted by Crippen LogP contribution is -2.33. The number of rotatable bonds is 4. The first-order valence-electron chi connectivity index (χ1n) is 5.47. The molecule has 88 valence electrons. The Hall–Kier alpha value is -1.94. The zero-order chi connectivity index (χ0) is 12.3. The Morgan fingerprint density at radius 3 is 3.00 bits per heavy atom. The van der Waals surface area contributed by atoms with E-state index in [1.54, 1.807) is 13.1 Å². The second kappa shape index (κ2) is 4.93. The number of nitrogens with one attached hydrogen (secondary N) is 1. The molecule has 2 N–H and O–H groups in total. The van der Waals surface area contributed by atoms with Gasteiger partial charge in [-0.15, -0.1) is 0 Å². The van der Waals surface area contributed by atoms with Crippen molar-refractivity contribution in [1.29, 1.82) is 0 Å². The van der Waals surface area contributed by atoms with E-state index in [4.69, 9.17) is 5.11 Å². The molecule has 2 rings (SSSR count). The zero-order valence-corrected chi connectivity index (χ0v) is 9.55. The summed E-state index contributed by atoms with van der Waals surface area (Å²) in [6.07, 6.45) is 1.75. The van der Waals surface area contributed by atoms with E-state index < -0.39 is 12.0 Å². The number of fused-ring (bicyclic) bond motifs is 1. The third kappa shape index (κ3) is 2.60. The predicted octanol–water partition coefficient (Wildman–Crippen LogP) is 1.80. The standard InChI is InChI=1S/C13H14N2O2/c1-9(13(16)17)15-8-10-4-2-6-12-11(10)5-3-7-14-12/h2-7,9,15H,8H2,1H3,(H,16,17). The van der Waals surface area contributed by atoms with E-state index in [2.05, 4.69) is 10.3 Å². The molecule has 0 aliphatic heterocycles. The Balaban J connectivity index is 2.21. The molecule has 0 amide bonds. The Morgan fingerprint density at radius 2 is 2.24 bits per heavy atom. The van der Waals surface area contributed by atoms with E-state index in [1.807, 2.05) is 30.3 Å². The van der Waals surface area contributed by atoms with Gasteiger partial charge in [0.05, 0.1) is 5.52 Å². The first-order chi connectivity index (χ1) is 8.18. The molecule has 0 fully saturated rings. The van der Waals surface area contributed by atoms with Crippen LogP contribution in [0, 0.1) is 0 Å². The molecule has 4 nitrogen and oxygen atoms in total. The lowest BCUT2D eigenvalue weighted by molar-refractivity contribution is -0.139. The summed E-state index contributed by atoms with van der Waals surface area (Å²) in [4.78, 5) is 15.0. The maximum atomic E-state index is 10.7. The fourth-order valence-electron chi connectivity index (χ4n) is 1.67. The van der Waals surface area contributed by atoms with Gasteiger partial charge in [-0.2, -0.15) is 0 Å². The summed E-state index contributed by atoms with van der Waals surface area (Å²) in [6, 6.07) is 9.17. The van der Waals surface area contributed by atoms with Crippen molar-refractivity contribution in [3.8, 4) is 0 Å². The lowest BCUT2D eigenvalue weighted by Gasteiger charge is -2.10. The Labute approximate surface area is 99.3 Å². The van der Waals surface area contributed by atoms with E-state index in [0.29, 0.717) is 6.54 Å². The van der Waals surface area contributed by atoms with Gasteiger partial charge >= 0.3 is 5.97 Å². The number of hydrogen-bond donors (Lipinski definition) is 2. The molecular weight excluding hydrogens is 216 g/mol. The fraction of sp³-hybridized carbons (Fsp3) is 0.231. The van der Waals surface area contributed by atoms with Gasteiger partial charge in [-0.3, -0.25) is 9.78 Å². The highest BCUT2D eigenvalue weighted by molar-refractivity contribution is 5.82. The van der Waals surface area contributed by atoms with E-state index >= 15 is 0 Å². The Bertz CT molecular complexity index is 534. The van der Waals surface area contributed by atoms with Gasteiger partial charge in [-0.1, -0.05) is 18.2 Å². The highest BCUT2D eigenvalue weighted by Crippen LogP contribution is 2.16. The van der Waals surface area contributed by atoms with Crippen LogP contribution in [0.25, 0.3) is 10.9 Å². The van der Waals surface area contributed by atoms with Crippen LogP contribution in [0.4, 0.5) is 0 Å². The molecule has 2 aromatic rings. The molecule has 1 atom stereocenters. The second-order valence-corrected chi connectivity index (χ2v) is 3.93. The number of aromatic nitrogens is 1. The smallest absolute Gasteiger partial charge is 0.320 e. The van der Waals surface area contributed by atoms with E-state index in [9.17, 15) is 4.79 Å². The Morgan fingerprint density at radius 1 is 1.41 bits per heavy atom. The van der Waals surface area contributed by atoms with Gasteiger partial charge in [0.1, 0.15) is 6.04 Å². The highest BCUT2D eigenvalue weighted by atomic mass is 16.4. The van der Waals surface area contributed by atoms with Gasteiger partial charge < -0.3 is 10.4 Å². The molecule has 0 bridgehead atoms. The maximum Gasteiger partial charge on any atom is 0.320 e. The van der Waals surface area contributed by atoms with Gasteiger partial charge in [0.15, 0.2) is 0 Å². The van der Waals surface area contributed by atoms with Crippen LogP contribution in [0.3, 0.4) is 0 Å². The number of nitrogens with zero attached hydrogens (tertiary/aromatic N) is 1. The largest absolute Gasteiger partial charge is 0.480 e. The van der Waals surface area contributed by atoms with Gasteiger partial charge in [-0.25, -0.2) is 0 Å². The first kappa shape index (κ1) is 11.5. The number of aliphatic carboxylic acids is 1. The number of carboxylic acid groups (broad SMARTS) is 1. The van der Waals surface area contributed by atoms with Crippen LogP contribution >= 0.6 is 0 Å². The van der Waals surface area contributed by atoms with Gasteiger partial charge in [0.2, 0.25) is 0 Å². The molecule has 0 aliphatic rings. The summed E-state index contributed by atoms with van der Waals surface area (Å²) in [5.74, 6) is -0.844. The lowest BCUT2D eigenvalue weighted by atomic mass is 10.1. The van der Waals surface area contributed by atoms with Crippen molar-refractivity contribution in [2.24, 2.45) is 0 Å². The van der Waals surface area contributed by atoms with Crippen molar-refractivity contribution in [3.63, 3.8) is 0 Å². The summed E-state index contributed by atoms with van der Waals surface area (Å²) in [6.45, 7) is 2.15. The van der Waals surface area contributed by atoms with Crippen molar-refractivity contribution in [2.45, 2.75) is 19.5 Å². The molecule has 0 spiro atoms. The minimum atomic E-state index is -0.844. The zero-order valence-electron chi connectivity index (χ0n) is 9.55. The van der Waals surface area contributed by atoms with Crippen molar-refractivity contribution < 1.29 is 9.90 Å². The molecule has 1 aromatic carbocycles. The normalized spacial score (nSPS) is 12.5. The van der Waals surface area contributed by atoms with Crippen molar-refractivity contribution in [2.75, 3.05) is 0 Å². The molecule has 0 saturated carbocycles. The summed E-state index contributed by atoms with van der Waals surface area (Å²) >= 11 is 0. The quantitative estimate of drug-likeness (QED) is 0.840. The molecule has 0 aliphatic carbocycles. The number of hydrogen-bond acceptors (Lipinski definition) is 3. The highest BCUT2D eigenvalue weighted by Gasteiger charge is 2.10. The average Bonchev–Trinajstić information content (AvgIpc) is 2.35. The number of carbonyl (C=O) groups is 1. The number of pyridine rings is 1. The van der Waals surface area contributed by atoms with Crippen LogP contribution in [0.15, 0.2) is 36.5 Å². The molecule has 0 saturated heterocycles. The molecule has 1 aromatic heterocycles. The SMILES string of the molecule is CC(NCc1cccc2ncccc12)C(=O)O. The van der Waals surface area contributed by atoms with Gasteiger partial charge in [-0.05, 0) is 24.6 Å². The predicted molar refractivity (Wildman–Crippen MR) is 65.7 cm³/mol. The monoisotopic (exact) mass is 230 g/mol. The summed E-state index contributed by atoms with van der Waals surface area (Å²) in [7, 11) is 0. The number of carboxylic acids is 1. The van der Waals surface area contributed by atoms with E-state index in [-0.39, 0.29) is 0 Å². The fourth-order valence-corrected chi connectivity index (χ4v) is 1.67. The summed E-state index contributed by atoms with van der Waals surface area (Å²) < 4.78 is 0. The van der Waals surface area contributed by atoms with Crippen LogP contribution in [0.2, 0.25) is 0 Å². The van der Waals surface area contributed by atoms with Gasteiger partial charge in [0, 0.05) is 18.1 Å². The van der Waals surface area contributed by atoms with Crippen molar-refractivity contribution in [3.05, 3.63) is 42.1 Å². The van der Waals surface area contributed by atoms with Crippen LogP contribution < -0.4 is 5.32 Å². The first-order valence-corrected chi connectivity index (χ1v) is 5.47.